The lowest BCUT2D eigenvalue weighted by Crippen LogP contribution is -2.24. The number of carbonyl (C=O) groups is 2. The van der Waals surface area contributed by atoms with Crippen molar-refractivity contribution in [1.82, 2.24) is 10.6 Å². The van der Waals surface area contributed by atoms with E-state index in [-0.39, 0.29) is 11.6 Å². The summed E-state index contributed by atoms with van der Waals surface area (Å²) in [6.07, 6.45) is 14.6. The topological polar surface area (TPSA) is 58.2 Å². The van der Waals surface area contributed by atoms with Crippen molar-refractivity contribution in [2.24, 2.45) is 0 Å². The van der Waals surface area contributed by atoms with Crippen LogP contribution in [-0.4, -0.2) is 11.6 Å². The van der Waals surface area contributed by atoms with Gasteiger partial charge in [0, 0.05) is 5.70 Å². The maximum atomic E-state index is 12.2. The van der Waals surface area contributed by atoms with E-state index in [0.717, 1.165) is 17.8 Å². The van der Waals surface area contributed by atoms with Gasteiger partial charge in [0.05, 0.1) is 17.1 Å². The molecule has 4 heteroatoms. The minimum Gasteiger partial charge on any atom is -0.355 e. The van der Waals surface area contributed by atoms with Crippen LogP contribution in [0.15, 0.2) is 71.4 Å². The summed E-state index contributed by atoms with van der Waals surface area (Å²) >= 11 is 0. The maximum absolute atomic E-state index is 12.2. The number of rotatable bonds is 10. The zero-order chi connectivity index (χ0) is 19.2. The molecule has 0 fully saturated rings. The van der Waals surface area contributed by atoms with Gasteiger partial charge in [-0.3, -0.25) is 9.59 Å². The van der Waals surface area contributed by atoms with Crippen LogP contribution < -0.4 is 10.6 Å². The predicted octanol–water partition coefficient (Wildman–Crippen LogP) is 4.46. The van der Waals surface area contributed by atoms with Gasteiger partial charge < -0.3 is 10.6 Å². The van der Waals surface area contributed by atoms with Gasteiger partial charge in [0.1, 0.15) is 0 Å². The first-order chi connectivity index (χ1) is 11.9. The lowest BCUT2D eigenvalue weighted by atomic mass is 10.2. The van der Waals surface area contributed by atoms with E-state index >= 15 is 0 Å². The molecule has 0 saturated heterocycles. The molecule has 0 radical (unpaired) electrons. The van der Waals surface area contributed by atoms with Crippen molar-refractivity contribution in [3.05, 3.63) is 71.4 Å². The molecule has 0 rings (SSSR count). The second kappa shape index (κ2) is 12.8. The monoisotopic (exact) mass is 342 g/mol. The molecule has 0 saturated carbocycles. The summed E-state index contributed by atoms with van der Waals surface area (Å²) in [7, 11) is 0. The van der Waals surface area contributed by atoms with Crippen molar-refractivity contribution in [1.29, 1.82) is 0 Å². The first-order valence-corrected chi connectivity index (χ1v) is 8.53. The zero-order valence-corrected chi connectivity index (χ0v) is 16.1. The van der Waals surface area contributed by atoms with Gasteiger partial charge >= 0.3 is 0 Å². The maximum Gasteiger partial charge on any atom is 0.201 e. The van der Waals surface area contributed by atoms with Crippen LogP contribution in [0, 0.1) is 0 Å². The fourth-order valence-electron chi connectivity index (χ4n) is 1.95. The van der Waals surface area contributed by atoms with Crippen LogP contribution in [0.5, 0.6) is 0 Å². The molecule has 25 heavy (non-hydrogen) atoms. The number of carbonyl (C=O) groups excluding carboxylic acids is 2. The normalized spacial score (nSPS) is 14.3. The molecule has 0 unspecified atom stereocenters. The molecule has 0 aliphatic carbocycles. The number of hydrogen-bond acceptors (Lipinski definition) is 4. The Labute approximate surface area is 151 Å². The fourth-order valence-corrected chi connectivity index (χ4v) is 1.95. The third-order valence-electron chi connectivity index (χ3n) is 3.26. The Morgan fingerprint density at radius 1 is 0.800 bits per heavy atom. The lowest BCUT2D eigenvalue weighted by molar-refractivity contribution is -0.112. The Kier molecular flexibility index (Phi) is 11.4. The van der Waals surface area contributed by atoms with E-state index in [0.29, 0.717) is 11.4 Å². The Balaban J connectivity index is 5.56. The quantitative estimate of drug-likeness (QED) is 0.454. The molecule has 0 heterocycles. The minimum atomic E-state index is -0.0996. The molecular weight excluding hydrogens is 312 g/mol. The second-order valence-corrected chi connectivity index (χ2v) is 5.23. The molecule has 136 valence electrons. The number of nitrogens with one attached hydrogen (secondary N) is 2. The van der Waals surface area contributed by atoms with E-state index in [1.807, 2.05) is 45.9 Å². The second-order valence-electron chi connectivity index (χ2n) is 5.23. The predicted molar refractivity (Wildman–Crippen MR) is 106 cm³/mol. The zero-order valence-electron chi connectivity index (χ0n) is 16.1. The third kappa shape index (κ3) is 8.15. The minimum absolute atomic E-state index is 0.0876. The summed E-state index contributed by atoms with van der Waals surface area (Å²) in [6.45, 7) is 11.1. The van der Waals surface area contributed by atoms with Crippen LogP contribution in [0.3, 0.4) is 0 Å². The van der Waals surface area contributed by atoms with E-state index in [1.165, 1.54) is 6.08 Å². The van der Waals surface area contributed by atoms with Gasteiger partial charge in [-0.05, 0) is 59.3 Å². The number of hydrogen-bond donors (Lipinski definition) is 2. The van der Waals surface area contributed by atoms with Crippen LogP contribution in [0.2, 0.25) is 0 Å². The van der Waals surface area contributed by atoms with Crippen molar-refractivity contribution < 1.29 is 9.59 Å². The van der Waals surface area contributed by atoms with Crippen LogP contribution in [-0.2, 0) is 9.59 Å². The van der Waals surface area contributed by atoms with Crippen LogP contribution >= 0.6 is 0 Å². The van der Waals surface area contributed by atoms with Crippen molar-refractivity contribution in [3.63, 3.8) is 0 Å². The van der Waals surface area contributed by atoms with Gasteiger partial charge in [-0.25, -0.2) is 0 Å². The highest BCUT2D eigenvalue weighted by molar-refractivity contribution is 6.04. The van der Waals surface area contributed by atoms with E-state index in [1.54, 1.807) is 38.2 Å². The van der Waals surface area contributed by atoms with Crippen molar-refractivity contribution in [2.75, 3.05) is 0 Å². The molecule has 0 aromatic heterocycles. The number of allylic oxidation sites excluding steroid dienone is 9. The smallest absolute Gasteiger partial charge is 0.201 e. The summed E-state index contributed by atoms with van der Waals surface area (Å²) in [6, 6.07) is 0. The molecular formula is C21H30N2O2. The number of ketones is 2. The van der Waals surface area contributed by atoms with E-state index in [2.05, 4.69) is 10.6 Å². The van der Waals surface area contributed by atoms with E-state index < -0.39 is 0 Å². The Hall–Kier alpha value is -2.62. The van der Waals surface area contributed by atoms with E-state index in [4.69, 9.17) is 0 Å². The standard InChI is InChI=1S/C21H30N2O2/c1-7-12-15-21(25)18(11-5)23-19(13-8-2)16(6)22-17(10-4)20(24)14-9-3/h8-15,22-23H,7H2,1-6H3/b13-8-,14-9-,15-12-,17-10+,18-11+,19-16-. The summed E-state index contributed by atoms with van der Waals surface area (Å²) < 4.78 is 0. The van der Waals surface area contributed by atoms with Crippen LogP contribution in [0.25, 0.3) is 0 Å². The molecule has 0 aliphatic heterocycles. The van der Waals surface area contributed by atoms with E-state index in [9.17, 15) is 9.59 Å². The highest BCUT2D eigenvalue weighted by atomic mass is 16.1. The van der Waals surface area contributed by atoms with Gasteiger partial charge in [-0.15, -0.1) is 0 Å². The highest BCUT2D eigenvalue weighted by Gasteiger charge is 2.10. The third-order valence-corrected chi connectivity index (χ3v) is 3.26. The average molecular weight is 342 g/mol. The van der Waals surface area contributed by atoms with Crippen molar-refractivity contribution in [2.45, 2.75) is 48.0 Å². The molecule has 4 nitrogen and oxygen atoms in total. The van der Waals surface area contributed by atoms with Gasteiger partial charge in [0.25, 0.3) is 0 Å². The molecule has 0 spiro atoms. The molecule has 0 amide bonds. The van der Waals surface area contributed by atoms with Crippen molar-refractivity contribution >= 4 is 11.6 Å². The van der Waals surface area contributed by atoms with Crippen LogP contribution in [0.1, 0.15) is 48.0 Å². The first-order valence-electron chi connectivity index (χ1n) is 8.53. The largest absolute Gasteiger partial charge is 0.355 e. The van der Waals surface area contributed by atoms with Gasteiger partial charge in [0.2, 0.25) is 11.6 Å². The molecule has 0 aliphatic rings. The average Bonchev–Trinajstić information content (AvgIpc) is 2.60. The lowest BCUT2D eigenvalue weighted by Gasteiger charge is -2.15. The molecule has 0 atom stereocenters. The van der Waals surface area contributed by atoms with Gasteiger partial charge in [-0.2, -0.15) is 0 Å². The van der Waals surface area contributed by atoms with Gasteiger partial charge in [-0.1, -0.05) is 37.3 Å². The molecule has 0 aromatic carbocycles. The summed E-state index contributed by atoms with van der Waals surface area (Å²) in [5, 5.41) is 6.26. The Bertz CT molecular complexity index is 645. The summed E-state index contributed by atoms with van der Waals surface area (Å²) in [4.78, 5) is 24.2. The summed E-state index contributed by atoms with van der Waals surface area (Å²) in [5.41, 5.74) is 2.44. The highest BCUT2D eigenvalue weighted by Crippen LogP contribution is 2.08. The Morgan fingerprint density at radius 3 is 1.80 bits per heavy atom. The fraction of sp³-hybridized carbons (Fsp3) is 0.333. The molecule has 0 aromatic rings. The SMILES string of the molecule is C/C=C\C(=O)/C(=C\C)N/C(C)=C(/C=C\C)N/C(=C/C)C(=O)/C=C\CC. The molecule has 2 N–H and O–H groups in total. The van der Waals surface area contributed by atoms with Crippen LogP contribution in [0.4, 0.5) is 0 Å². The molecule has 0 bridgehead atoms. The summed E-state index contributed by atoms with van der Waals surface area (Å²) in [5.74, 6) is -0.187. The first kappa shape index (κ1) is 22.4. The Morgan fingerprint density at radius 2 is 1.32 bits per heavy atom. The van der Waals surface area contributed by atoms with Crippen molar-refractivity contribution in [3.8, 4) is 0 Å². The van der Waals surface area contributed by atoms with Gasteiger partial charge in [0.15, 0.2) is 0 Å².